The van der Waals surface area contributed by atoms with Crippen LogP contribution in [0.4, 0.5) is 4.39 Å². The Morgan fingerprint density at radius 2 is 2.32 bits per heavy atom. The van der Waals surface area contributed by atoms with E-state index in [1.165, 1.54) is 6.07 Å². The smallest absolute Gasteiger partial charge is 0.239 e. The first-order valence-corrected chi connectivity index (χ1v) is 6.54. The van der Waals surface area contributed by atoms with E-state index in [4.69, 9.17) is 4.74 Å². The zero-order chi connectivity index (χ0) is 13.7. The lowest BCUT2D eigenvalue weighted by Gasteiger charge is -2.29. The second-order valence-electron chi connectivity index (χ2n) is 4.64. The molecule has 2 rings (SSSR count). The third kappa shape index (κ3) is 3.75. The highest BCUT2D eigenvalue weighted by molar-refractivity contribution is 5.82. The number of benzene rings is 1. The van der Waals surface area contributed by atoms with E-state index in [1.54, 1.807) is 18.2 Å². The second-order valence-corrected chi connectivity index (χ2v) is 4.64. The fraction of sp³-hybridized carbons (Fsp3) is 0.500. The van der Waals surface area contributed by atoms with Gasteiger partial charge in [0.25, 0.3) is 0 Å². The predicted octanol–water partition coefficient (Wildman–Crippen LogP) is 0.861. The molecular weight excluding hydrogens is 247 g/mol. The van der Waals surface area contributed by atoms with E-state index in [9.17, 15) is 9.18 Å². The number of morpholine rings is 1. The number of rotatable bonds is 4. The van der Waals surface area contributed by atoms with Crippen LogP contribution in [0.5, 0.6) is 0 Å². The lowest BCUT2D eigenvalue weighted by molar-refractivity contribution is -0.128. The maximum absolute atomic E-state index is 13.4. The first-order chi connectivity index (χ1) is 9.18. The van der Waals surface area contributed by atoms with E-state index in [1.807, 2.05) is 6.92 Å². The topological polar surface area (TPSA) is 50.4 Å². The van der Waals surface area contributed by atoms with Gasteiger partial charge < -0.3 is 15.4 Å². The number of carbonyl (C=O) groups is 1. The van der Waals surface area contributed by atoms with Gasteiger partial charge in [-0.25, -0.2) is 4.39 Å². The number of nitrogens with one attached hydrogen (secondary N) is 2. The molecule has 0 aliphatic carbocycles. The van der Waals surface area contributed by atoms with Crippen LogP contribution in [0.25, 0.3) is 0 Å². The van der Waals surface area contributed by atoms with E-state index in [0.717, 1.165) is 0 Å². The Morgan fingerprint density at radius 1 is 1.53 bits per heavy atom. The molecule has 0 unspecified atom stereocenters. The summed E-state index contributed by atoms with van der Waals surface area (Å²) in [6.45, 7) is 3.59. The summed E-state index contributed by atoms with van der Waals surface area (Å²) in [7, 11) is 0. The molecule has 4 nitrogen and oxygen atoms in total. The van der Waals surface area contributed by atoms with E-state index in [0.29, 0.717) is 31.7 Å². The molecule has 5 heteroatoms. The van der Waals surface area contributed by atoms with E-state index in [-0.39, 0.29) is 23.9 Å². The predicted molar refractivity (Wildman–Crippen MR) is 70.3 cm³/mol. The van der Waals surface area contributed by atoms with Crippen molar-refractivity contribution in [3.8, 4) is 0 Å². The van der Waals surface area contributed by atoms with Crippen molar-refractivity contribution in [3.63, 3.8) is 0 Å². The van der Waals surface area contributed by atoms with Crippen LogP contribution in [0.2, 0.25) is 0 Å². The second kappa shape index (κ2) is 6.63. The zero-order valence-electron chi connectivity index (χ0n) is 11.0. The summed E-state index contributed by atoms with van der Waals surface area (Å²) in [6.07, 6.45) is 0.350. The van der Waals surface area contributed by atoms with E-state index in [2.05, 4.69) is 10.6 Å². The number of ether oxygens (including phenoxy) is 1. The molecule has 0 spiro atoms. The summed E-state index contributed by atoms with van der Waals surface area (Å²) in [5.41, 5.74) is 0.615. The van der Waals surface area contributed by atoms with E-state index >= 15 is 0 Å². The van der Waals surface area contributed by atoms with Gasteiger partial charge in [-0.2, -0.15) is 0 Å². The van der Waals surface area contributed by atoms with Crippen molar-refractivity contribution < 1.29 is 13.9 Å². The summed E-state index contributed by atoms with van der Waals surface area (Å²) < 4.78 is 18.8. The van der Waals surface area contributed by atoms with Gasteiger partial charge in [0.15, 0.2) is 0 Å². The summed E-state index contributed by atoms with van der Waals surface area (Å²) in [6, 6.07) is 6.28. The molecule has 1 aromatic carbocycles. The van der Waals surface area contributed by atoms with Gasteiger partial charge >= 0.3 is 0 Å². The molecule has 1 aliphatic rings. The summed E-state index contributed by atoms with van der Waals surface area (Å²) in [5, 5.41) is 5.93. The van der Waals surface area contributed by atoms with E-state index < -0.39 is 0 Å². The van der Waals surface area contributed by atoms with Crippen molar-refractivity contribution in [2.75, 3.05) is 19.7 Å². The number of hydrogen-bond donors (Lipinski definition) is 2. The van der Waals surface area contributed by atoms with Crippen molar-refractivity contribution in [1.82, 2.24) is 10.6 Å². The van der Waals surface area contributed by atoms with Gasteiger partial charge in [-0.1, -0.05) is 18.2 Å². The van der Waals surface area contributed by atoms with Crippen molar-refractivity contribution in [2.45, 2.75) is 25.5 Å². The third-order valence-corrected chi connectivity index (χ3v) is 3.25. The molecule has 0 radical (unpaired) electrons. The van der Waals surface area contributed by atoms with Gasteiger partial charge in [-0.05, 0) is 25.0 Å². The monoisotopic (exact) mass is 266 g/mol. The lowest BCUT2D eigenvalue weighted by atomic mass is 10.1. The Labute approximate surface area is 112 Å². The van der Waals surface area contributed by atoms with Gasteiger partial charge in [0.2, 0.25) is 5.91 Å². The van der Waals surface area contributed by atoms with Gasteiger partial charge in [-0.15, -0.1) is 0 Å². The molecule has 0 aromatic heterocycles. The molecule has 0 bridgehead atoms. The van der Waals surface area contributed by atoms with Gasteiger partial charge in [0.05, 0.1) is 12.7 Å². The van der Waals surface area contributed by atoms with Crippen LogP contribution in [0.3, 0.4) is 0 Å². The zero-order valence-corrected chi connectivity index (χ0v) is 11.0. The Bertz CT molecular complexity index is 439. The van der Waals surface area contributed by atoms with Crippen LogP contribution in [0.15, 0.2) is 24.3 Å². The molecule has 1 fully saturated rings. The minimum atomic E-state index is -0.325. The first-order valence-electron chi connectivity index (χ1n) is 6.54. The normalized spacial score (nSPS) is 23.1. The maximum Gasteiger partial charge on any atom is 0.239 e. The van der Waals surface area contributed by atoms with Crippen LogP contribution in [0, 0.1) is 5.82 Å². The van der Waals surface area contributed by atoms with Crippen LogP contribution in [-0.2, 0) is 16.0 Å². The number of amides is 1. The Balaban J connectivity index is 1.79. The maximum atomic E-state index is 13.4. The molecule has 1 amide bonds. The highest BCUT2D eigenvalue weighted by Gasteiger charge is 2.27. The van der Waals surface area contributed by atoms with Crippen molar-refractivity contribution in [1.29, 1.82) is 0 Å². The van der Waals surface area contributed by atoms with Crippen molar-refractivity contribution in [2.24, 2.45) is 0 Å². The van der Waals surface area contributed by atoms with Gasteiger partial charge in [0, 0.05) is 13.1 Å². The SMILES string of the molecule is C[C@H]1OCCN[C@@H]1C(=O)NCCc1ccccc1F. The Kier molecular flexibility index (Phi) is 4.87. The number of halogens is 1. The molecule has 0 saturated carbocycles. The fourth-order valence-electron chi connectivity index (χ4n) is 2.16. The molecule has 1 aliphatic heterocycles. The van der Waals surface area contributed by atoms with Gasteiger partial charge in [-0.3, -0.25) is 4.79 Å². The number of hydrogen-bond acceptors (Lipinski definition) is 3. The molecular formula is C14H19FN2O2. The molecule has 104 valence electrons. The molecule has 1 aromatic rings. The summed E-state index contributed by atoms with van der Waals surface area (Å²) >= 11 is 0. The summed E-state index contributed by atoms with van der Waals surface area (Å²) in [4.78, 5) is 11.9. The van der Waals surface area contributed by atoms with Crippen LogP contribution >= 0.6 is 0 Å². The van der Waals surface area contributed by atoms with Crippen molar-refractivity contribution in [3.05, 3.63) is 35.6 Å². The first kappa shape index (κ1) is 14.0. The highest BCUT2D eigenvalue weighted by Crippen LogP contribution is 2.07. The average molecular weight is 266 g/mol. The lowest BCUT2D eigenvalue weighted by Crippen LogP contribution is -2.55. The van der Waals surface area contributed by atoms with Crippen LogP contribution in [-0.4, -0.2) is 37.7 Å². The van der Waals surface area contributed by atoms with Crippen LogP contribution in [0.1, 0.15) is 12.5 Å². The minimum Gasteiger partial charge on any atom is -0.375 e. The highest BCUT2D eigenvalue weighted by atomic mass is 19.1. The largest absolute Gasteiger partial charge is 0.375 e. The summed E-state index contributed by atoms with van der Waals surface area (Å²) in [5.74, 6) is -0.326. The number of carbonyl (C=O) groups excluding carboxylic acids is 1. The quantitative estimate of drug-likeness (QED) is 0.850. The Hall–Kier alpha value is -1.46. The molecule has 2 atom stereocenters. The fourth-order valence-corrected chi connectivity index (χ4v) is 2.16. The van der Waals surface area contributed by atoms with Gasteiger partial charge in [0.1, 0.15) is 11.9 Å². The van der Waals surface area contributed by atoms with Crippen molar-refractivity contribution >= 4 is 5.91 Å². The Morgan fingerprint density at radius 3 is 3.05 bits per heavy atom. The molecule has 1 heterocycles. The molecule has 1 saturated heterocycles. The minimum absolute atomic E-state index is 0.0939. The average Bonchev–Trinajstić information content (AvgIpc) is 2.41. The third-order valence-electron chi connectivity index (χ3n) is 3.25. The van der Waals surface area contributed by atoms with Crippen LogP contribution < -0.4 is 10.6 Å². The molecule has 19 heavy (non-hydrogen) atoms. The standard InChI is InChI=1S/C14H19FN2O2/c1-10-13(16-8-9-19-10)14(18)17-7-6-11-4-2-3-5-12(11)15/h2-5,10,13,16H,6-9H2,1H3,(H,17,18)/t10-,13+/m1/s1. The molecule has 2 N–H and O–H groups in total.